The van der Waals surface area contributed by atoms with Crippen LogP contribution in [-0.4, -0.2) is 51.3 Å². The second-order valence-corrected chi connectivity index (χ2v) is 7.75. The molecule has 2 rings (SSSR count). The number of aliphatic hydroxyl groups excluding tert-OH is 3. The number of carboxylic acids is 1. The number of carboxylic acid groups (broad SMARTS) is 1. The van der Waals surface area contributed by atoms with Gasteiger partial charge >= 0.3 is 5.97 Å². The van der Waals surface area contributed by atoms with Crippen LogP contribution >= 0.6 is 11.6 Å². The van der Waals surface area contributed by atoms with E-state index in [2.05, 4.69) is 0 Å². The first-order chi connectivity index (χ1) is 13.9. The summed E-state index contributed by atoms with van der Waals surface area (Å²) in [7, 11) is 0. The molecule has 0 aromatic heterocycles. The zero-order chi connectivity index (χ0) is 21.2. The summed E-state index contributed by atoms with van der Waals surface area (Å²) in [6.07, 6.45) is 7.21. The van der Waals surface area contributed by atoms with Crippen LogP contribution in [0.4, 0.5) is 0 Å². The Morgan fingerprint density at radius 1 is 1.24 bits per heavy atom. The van der Waals surface area contributed by atoms with Crippen molar-refractivity contribution in [2.45, 2.75) is 50.4 Å². The molecule has 0 spiro atoms. The predicted octanol–water partition coefficient (Wildman–Crippen LogP) is 3.20. The van der Waals surface area contributed by atoms with E-state index in [4.69, 9.17) is 21.4 Å². The van der Waals surface area contributed by atoms with E-state index in [0.717, 1.165) is 0 Å². The average Bonchev–Trinajstić information content (AvgIpc) is 2.93. The number of ether oxygens (including phenoxy) is 1. The van der Waals surface area contributed by atoms with Crippen molar-refractivity contribution in [2.75, 3.05) is 6.61 Å². The molecule has 4 N–H and O–H groups in total. The number of hydrogen-bond acceptors (Lipinski definition) is 5. The Kier molecular flexibility index (Phi) is 9.67. The van der Waals surface area contributed by atoms with Gasteiger partial charge < -0.3 is 25.2 Å². The summed E-state index contributed by atoms with van der Waals surface area (Å²) in [6, 6.07) is 6.91. The third-order valence-corrected chi connectivity index (χ3v) is 5.28. The van der Waals surface area contributed by atoms with Gasteiger partial charge in [0.1, 0.15) is 18.5 Å². The van der Waals surface area contributed by atoms with Gasteiger partial charge in [-0.15, -0.1) is 0 Å². The number of hydrogen-bond donors (Lipinski definition) is 4. The van der Waals surface area contributed by atoms with E-state index in [1.807, 2.05) is 12.2 Å². The molecule has 1 fully saturated rings. The van der Waals surface area contributed by atoms with Crippen molar-refractivity contribution in [1.29, 1.82) is 0 Å². The highest BCUT2D eigenvalue weighted by Crippen LogP contribution is 2.36. The third kappa shape index (κ3) is 8.19. The molecule has 0 saturated heterocycles. The molecule has 1 aliphatic carbocycles. The highest BCUT2D eigenvalue weighted by Gasteiger charge is 2.39. The maximum atomic E-state index is 10.5. The van der Waals surface area contributed by atoms with Crippen molar-refractivity contribution in [2.24, 2.45) is 11.8 Å². The summed E-state index contributed by atoms with van der Waals surface area (Å²) >= 11 is 5.90. The molecule has 29 heavy (non-hydrogen) atoms. The summed E-state index contributed by atoms with van der Waals surface area (Å²) in [4.78, 5) is 10.5. The highest BCUT2D eigenvalue weighted by molar-refractivity contribution is 6.30. The lowest BCUT2D eigenvalue weighted by molar-refractivity contribution is -0.136. The summed E-state index contributed by atoms with van der Waals surface area (Å²) in [6.45, 7) is 0.0548. The highest BCUT2D eigenvalue weighted by atomic mass is 35.5. The largest absolute Gasteiger partial charge is 0.491 e. The first-order valence-electron chi connectivity index (χ1n) is 9.84. The van der Waals surface area contributed by atoms with E-state index in [9.17, 15) is 20.1 Å². The summed E-state index contributed by atoms with van der Waals surface area (Å²) in [5, 5.41) is 39.8. The van der Waals surface area contributed by atoms with Crippen molar-refractivity contribution < 1.29 is 30.0 Å². The van der Waals surface area contributed by atoms with Gasteiger partial charge in [0.05, 0.1) is 12.2 Å². The van der Waals surface area contributed by atoms with Crippen LogP contribution in [0.15, 0.2) is 48.6 Å². The number of benzene rings is 1. The van der Waals surface area contributed by atoms with E-state index in [1.54, 1.807) is 36.4 Å². The van der Waals surface area contributed by atoms with Crippen molar-refractivity contribution in [3.05, 3.63) is 53.6 Å². The van der Waals surface area contributed by atoms with Crippen LogP contribution in [-0.2, 0) is 4.79 Å². The smallest absolute Gasteiger partial charge is 0.303 e. The van der Waals surface area contributed by atoms with Gasteiger partial charge in [-0.25, -0.2) is 0 Å². The minimum absolute atomic E-state index is 0.0548. The first kappa shape index (κ1) is 23.4. The topological polar surface area (TPSA) is 107 Å². The molecule has 0 heterocycles. The zero-order valence-corrected chi connectivity index (χ0v) is 17.0. The van der Waals surface area contributed by atoms with E-state index < -0.39 is 24.3 Å². The van der Waals surface area contributed by atoms with Crippen LogP contribution in [0.2, 0.25) is 5.02 Å². The molecule has 1 saturated carbocycles. The Morgan fingerprint density at radius 3 is 2.72 bits per heavy atom. The molecule has 6 nitrogen and oxygen atoms in total. The van der Waals surface area contributed by atoms with Gasteiger partial charge in [0.25, 0.3) is 0 Å². The number of aliphatic carboxylic acids is 1. The Bertz CT molecular complexity index is 704. The quantitative estimate of drug-likeness (QED) is 0.406. The third-order valence-electron chi connectivity index (χ3n) is 5.05. The molecule has 0 amide bonds. The van der Waals surface area contributed by atoms with Gasteiger partial charge in [-0.2, -0.15) is 0 Å². The van der Waals surface area contributed by atoms with Crippen molar-refractivity contribution in [1.82, 2.24) is 0 Å². The number of rotatable bonds is 11. The fourth-order valence-electron chi connectivity index (χ4n) is 3.56. The van der Waals surface area contributed by atoms with Crippen LogP contribution < -0.4 is 4.74 Å². The van der Waals surface area contributed by atoms with Crippen molar-refractivity contribution in [3.8, 4) is 5.75 Å². The van der Waals surface area contributed by atoms with Gasteiger partial charge in [-0.1, -0.05) is 42.0 Å². The molecule has 160 valence electrons. The molecular weight excluding hydrogens is 396 g/mol. The summed E-state index contributed by atoms with van der Waals surface area (Å²) in [5.41, 5.74) is 0. The number of carbonyl (C=O) groups is 1. The monoisotopic (exact) mass is 424 g/mol. The second kappa shape index (κ2) is 12.0. The molecule has 7 heteroatoms. The summed E-state index contributed by atoms with van der Waals surface area (Å²) in [5.74, 6) is -0.634. The minimum Gasteiger partial charge on any atom is -0.491 e. The van der Waals surface area contributed by atoms with Crippen molar-refractivity contribution >= 4 is 17.6 Å². The molecule has 0 aliphatic heterocycles. The van der Waals surface area contributed by atoms with Gasteiger partial charge in [0.2, 0.25) is 0 Å². The Morgan fingerprint density at radius 2 is 2.00 bits per heavy atom. The predicted molar refractivity (Wildman–Crippen MR) is 111 cm³/mol. The van der Waals surface area contributed by atoms with E-state index in [1.165, 1.54) is 0 Å². The molecule has 1 aromatic rings. The lowest BCUT2D eigenvalue weighted by atomic mass is 9.88. The van der Waals surface area contributed by atoms with Crippen LogP contribution in [0.1, 0.15) is 32.1 Å². The molecular formula is C22H29ClO6. The van der Waals surface area contributed by atoms with E-state index in [-0.39, 0.29) is 24.9 Å². The molecule has 1 aromatic carbocycles. The Labute approximate surface area is 176 Å². The second-order valence-electron chi connectivity index (χ2n) is 7.31. The van der Waals surface area contributed by atoms with Gasteiger partial charge in [0.15, 0.2) is 0 Å². The number of aliphatic hydroxyl groups is 3. The number of allylic oxidation sites excluding steroid dienone is 2. The first-order valence-corrected chi connectivity index (χ1v) is 10.2. The van der Waals surface area contributed by atoms with E-state index >= 15 is 0 Å². The molecule has 0 radical (unpaired) electrons. The van der Waals surface area contributed by atoms with Crippen molar-refractivity contribution in [3.63, 3.8) is 0 Å². The molecule has 0 bridgehead atoms. The maximum absolute atomic E-state index is 10.5. The standard InChI is InChI=1S/C22H29ClO6/c23-15-6-5-7-17(12-15)29-14-16(24)10-11-19-18(20(25)13-21(19)26)8-3-1-2-4-9-22(27)28/h1-2,5-7,10-12,16,18-21,24-26H,3-4,8-9,13-14H2,(H,27,28)/b2-1-,11-10+/t16-,18-,19-,20+,21-/m1/s1. The van der Waals surface area contributed by atoms with Crippen LogP contribution in [0.5, 0.6) is 5.75 Å². The number of halogens is 1. The maximum Gasteiger partial charge on any atom is 0.303 e. The van der Waals surface area contributed by atoms with Crippen LogP contribution in [0, 0.1) is 11.8 Å². The lowest BCUT2D eigenvalue weighted by Crippen LogP contribution is -2.21. The fraction of sp³-hybridized carbons (Fsp3) is 0.500. The fourth-order valence-corrected chi connectivity index (χ4v) is 3.74. The van der Waals surface area contributed by atoms with Gasteiger partial charge in [-0.05, 0) is 43.4 Å². The zero-order valence-electron chi connectivity index (χ0n) is 16.2. The van der Waals surface area contributed by atoms with E-state index in [0.29, 0.717) is 36.5 Å². The average molecular weight is 425 g/mol. The van der Waals surface area contributed by atoms with Gasteiger partial charge in [0, 0.05) is 23.8 Å². The molecule has 5 atom stereocenters. The van der Waals surface area contributed by atoms with Crippen LogP contribution in [0.25, 0.3) is 0 Å². The molecule has 1 aliphatic rings. The SMILES string of the molecule is O=C(O)CC/C=C\CC[C@@H]1[C@@H](/C=C/[C@@H](O)COc2cccc(Cl)c2)[C@H](O)C[C@@H]1O. The Balaban J connectivity index is 1.82. The van der Waals surface area contributed by atoms with Crippen LogP contribution in [0.3, 0.4) is 0 Å². The minimum atomic E-state index is -0.851. The normalized spacial score (nSPS) is 25.7. The van der Waals surface area contributed by atoms with Gasteiger partial charge in [-0.3, -0.25) is 4.79 Å². The Hall–Kier alpha value is -1.86. The lowest BCUT2D eigenvalue weighted by Gasteiger charge is -2.20. The molecule has 0 unspecified atom stereocenters. The summed E-state index contributed by atoms with van der Waals surface area (Å²) < 4.78 is 5.51.